The Labute approximate surface area is 124 Å². The van der Waals surface area contributed by atoms with Crippen molar-refractivity contribution in [2.45, 2.75) is 27.3 Å². The molecule has 2 N–H and O–H groups in total. The van der Waals surface area contributed by atoms with Gasteiger partial charge in [-0.1, -0.05) is 37.6 Å². The molecular formula is C16H19ClN2O. The van der Waals surface area contributed by atoms with Crippen LogP contribution in [0, 0.1) is 12.8 Å². The number of carbonyl (C=O) groups excluding carboxylic acids is 1. The smallest absolute Gasteiger partial charge is 0.250 e. The van der Waals surface area contributed by atoms with Crippen molar-refractivity contribution < 1.29 is 4.79 Å². The van der Waals surface area contributed by atoms with Crippen LogP contribution in [0.25, 0.3) is 11.3 Å². The summed E-state index contributed by atoms with van der Waals surface area (Å²) in [4.78, 5) is 11.5. The minimum absolute atomic E-state index is 0.389. The van der Waals surface area contributed by atoms with Crippen molar-refractivity contribution in [3.8, 4) is 11.3 Å². The van der Waals surface area contributed by atoms with Crippen molar-refractivity contribution in [3.05, 3.63) is 46.6 Å². The van der Waals surface area contributed by atoms with Crippen molar-refractivity contribution in [3.63, 3.8) is 0 Å². The van der Waals surface area contributed by atoms with E-state index in [1.807, 2.05) is 37.3 Å². The number of rotatable bonds is 4. The Hall–Kier alpha value is -1.74. The molecule has 106 valence electrons. The van der Waals surface area contributed by atoms with Gasteiger partial charge in [0.15, 0.2) is 0 Å². The van der Waals surface area contributed by atoms with E-state index in [9.17, 15) is 4.79 Å². The molecule has 1 aromatic carbocycles. The first kappa shape index (κ1) is 14.7. The summed E-state index contributed by atoms with van der Waals surface area (Å²) < 4.78 is 2.15. The molecule has 1 aromatic heterocycles. The van der Waals surface area contributed by atoms with E-state index in [1.54, 1.807) is 0 Å². The summed E-state index contributed by atoms with van der Waals surface area (Å²) in [6, 6.07) is 9.48. The number of nitrogens with two attached hydrogens (primary N) is 1. The molecule has 0 saturated heterocycles. The van der Waals surface area contributed by atoms with Gasteiger partial charge in [0, 0.05) is 23.0 Å². The van der Waals surface area contributed by atoms with Gasteiger partial charge in [0.2, 0.25) is 0 Å². The van der Waals surface area contributed by atoms with E-state index >= 15 is 0 Å². The van der Waals surface area contributed by atoms with Crippen molar-refractivity contribution in [2.24, 2.45) is 11.7 Å². The number of primary amides is 1. The molecule has 0 radical (unpaired) electrons. The molecule has 2 rings (SSSR count). The molecule has 3 nitrogen and oxygen atoms in total. The van der Waals surface area contributed by atoms with Crippen LogP contribution in [-0.4, -0.2) is 10.5 Å². The van der Waals surface area contributed by atoms with Crippen molar-refractivity contribution in [1.29, 1.82) is 0 Å². The Bertz CT molecular complexity index is 627. The number of amides is 1. The summed E-state index contributed by atoms with van der Waals surface area (Å²) in [6.07, 6.45) is 0. The standard InChI is InChI=1S/C16H19ClN2O/c1-10(2)9-19-11(3)14(16(18)20)8-15(19)12-4-6-13(17)7-5-12/h4-8,10H,9H2,1-3H3,(H2,18,20). The largest absolute Gasteiger partial charge is 0.366 e. The van der Waals surface area contributed by atoms with Crippen LogP contribution in [0.1, 0.15) is 29.9 Å². The normalized spacial score (nSPS) is 11.1. The first-order chi connectivity index (χ1) is 9.40. The van der Waals surface area contributed by atoms with Crippen LogP contribution in [0.15, 0.2) is 30.3 Å². The second kappa shape index (κ2) is 5.71. The molecular weight excluding hydrogens is 272 g/mol. The predicted octanol–water partition coefficient (Wildman–Crippen LogP) is 3.87. The Morgan fingerprint density at radius 2 is 1.90 bits per heavy atom. The summed E-state index contributed by atoms with van der Waals surface area (Å²) in [5.41, 5.74) is 8.98. The third-order valence-corrected chi connectivity index (χ3v) is 3.57. The van der Waals surface area contributed by atoms with Crippen LogP contribution >= 0.6 is 11.6 Å². The van der Waals surface area contributed by atoms with E-state index in [1.165, 1.54) is 0 Å². The van der Waals surface area contributed by atoms with E-state index in [0.29, 0.717) is 16.5 Å². The van der Waals surface area contributed by atoms with E-state index in [2.05, 4.69) is 18.4 Å². The number of halogens is 1. The Morgan fingerprint density at radius 3 is 2.40 bits per heavy atom. The van der Waals surface area contributed by atoms with Gasteiger partial charge in [-0.3, -0.25) is 4.79 Å². The zero-order valence-electron chi connectivity index (χ0n) is 12.0. The number of benzene rings is 1. The molecule has 0 spiro atoms. The molecule has 0 unspecified atom stereocenters. The average Bonchev–Trinajstić information content (AvgIpc) is 2.68. The fourth-order valence-corrected chi connectivity index (χ4v) is 2.48. The molecule has 0 saturated carbocycles. The van der Waals surface area contributed by atoms with Crippen LogP contribution in [-0.2, 0) is 6.54 Å². The SMILES string of the molecule is Cc1c(C(N)=O)cc(-c2ccc(Cl)cc2)n1CC(C)C. The lowest BCUT2D eigenvalue weighted by molar-refractivity contribution is 0.0999. The van der Waals surface area contributed by atoms with Gasteiger partial charge in [-0.2, -0.15) is 0 Å². The Morgan fingerprint density at radius 1 is 1.30 bits per heavy atom. The Kier molecular flexibility index (Phi) is 4.19. The van der Waals surface area contributed by atoms with E-state index < -0.39 is 0 Å². The maximum Gasteiger partial charge on any atom is 0.250 e. The molecule has 0 aliphatic rings. The minimum atomic E-state index is -0.389. The van der Waals surface area contributed by atoms with Crippen molar-refractivity contribution >= 4 is 17.5 Å². The zero-order chi connectivity index (χ0) is 14.9. The third kappa shape index (κ3) is 2.88. The van der Waals surface area contributed by atoms with Crippen molar-refractivity contribution in [1.82, 2.24) is 4.57 Å². The highest BCUT2D eigenvalue weighted by Crippen LogP contribution is 2.27. The molecule has 0 fully saturated rings. The number of carbonyl (C=O) groups is 1. The van der Waals surface area contributed by atoms with Gasteiger partial charge in [0.25, 0.3) is 5.91 Å². The highest BCUT2D eigenvalue weighted by Gasteiger charge is 2.17. The lowest BCUT2D eigenvalue weighted by atomic mass is 10.1. The van der Waals surface area contributed by atoms with E-state index in [-0.39, 0.29) is 5.91 Å². The summed E-state index contributed by atoms with van der Waals surface area (Å²) in [6.45, 7) is 7.07. The van der Waals surface area contributed by atoms with Gasteiger partial charge in [-0.05, 0) is 36.6 Å². The highest BCUT2D eigenvalue weighted by atomic mass is 35.5. The van der Waals surface area contributed by atoms with E-state index in [0.717, 1.165) is 23.5 Å². The minimum Gasteiger partial charge on any atom is -0.366 e. The van der Waals surface area contributed by atoms with Gasteiger partial charge in [-0.25, -0.2) is 0 Å². The van der Waals surface area contributed by atoms with Crippen LogP contribution < -0.4 is 5.73 Å². The molecule has 0 aliphatic carbocycles. The molecule has 4 heteroatoms. The fourth-order valence-electron chi connectivity index (χ4n) is 2.35. The number of nitrogens with zero attached hydrogens (tertiary/aromatic N) is 1. The van der Waals surface area contributed by atoms with E-state index in [4.69, 9.17) is 17.3 Å². The molecule has 0 bridgehead atoms. The van der Waals surface area contributed by atoms with Crippen molar-refractivity contribution in [2.75, 3.05) is 0 Å². The fraction of sp³-hybridized carbons (Fsp3) is 0.312. The predicted molar refractivity (Wildman–Crippen MR) is 83.0 cm³/mol. The van der Waals surface area contributed by atoms with Crippen LogP contribution in [0.3, 0.4) is 0 Å². The van der Waals surface area contributed by atoms with Gasteiger partial charge in [-0.15, -0.1) is 0 Å². The molecule has 0 atom stereocenters. The molecule has 1 amide bonds. The number of hydrogen-bond acceptors (Lipinski definition) is 1. The number of aromatic nitrogens is 1. The highest BCUT2D eigenvalue weighted by molar-refractivity contribution is 6.30. The van der Waals surface area contributed by atoms with Crippen LogP contribution in [0.2, 0.25) is 5.02 Å². The van der Waals surface area contributed by atoms with Gasteiger partial charge < -0.3 is 10.3 Å². The Balaban J connectivity index is 2.58. The lowest BCUT2D eigenvalue weighted by Crippen LogP contribution is -2.13. The number of hydrogen-bond donors (Lipinski definition) is 1. The summed E-state index contributed by atoms with van der Waals surface area (Å²) >= 11 is 5.93. The molecule has 2 aromatic rings. The summed E-state index contributed by atoms with van der Waals surface area (Å²) in [5.74, 6) is 0.0908. The third-order valence-electron chi connectivity index (χ3n) is 3.32. The van der Waals surface area contributed by atoms with Crippen LogP contribution in [0.4, 0.5) is 0 Å². The molecule has 20 heavy (non-hydrogen) atoms. The monoisotopic (exact) mass is 290 g/mol. The van der Waals surface area contributed by atoms with Gasteiger partial charge >= 0.3 is 0 Å². The first-order valence-electron chi connectivity index (χ1n) is 6.66. The second-order valence-corrected chi connectivity index (χ2v) is 5.84. The zero-order valence-corrected chi connectivity index (χ0v) is 12.7. The summed E-state index contributed by atoms with van der Waals surface area (Å²) in [5, 5.41) is 0.697. The maximum atomic E-state index is 11.5. The summed E-state index contributed by atoms with van der Waals surface area (Å²) in [7, 11) is 0. The maximum absolute atomic E-state index is 11.5. The topological polar surface area (TPSA) is 48.0 Å². The van der Waals surface area contributed by atoms with Crippen LogP contribution in [0.5, 0.6) is 0 Å². The average molecular weight is 291 g/mol. The van der Waals surface area contributed by atoms with Gasteiger partial charge in [0.1, 0.15) is 0 Å². The lowest BCUT2D eigenvalue weighted by Gasteiger charge is -2.14. The van der Waals surface area contributed by atoms with Gasteiger partial charge in [0.05, 0.1) is 5.56 Å². The molecule has 0 aliphatic heterocycles. The first-order valence-corrected chi connectivity index (χ1v) is 7.03. The molecule has 1 heterocycles. The quantitative estimate of drug-likeness (QED) is 0.913. The second-order valence-electron chi connectivity index (χ2n) is 5.40.